The van der Waals surface area contributed by atoms with Crippen LogP contribution >= 0.6 is 0 Å². The quantitative estimate of drug-likeness (QED) is 0.329. The lowest BCUT2D eigenvalue weighted by molar-refractivity contribution is 0.265. The normalized spacial score (nSPS) is 15.6. The third-order valence-corrected chi connectivity index (χ3v) is 7.82. The van der Waals surface area contributed by atoms with Crippen molar-refractivity contribution in [3.05, 3.63) is 64.2 Å². The molecule has 0 aromatic heterocycles. The molecule has 0 heterocycles. The summed E-state index contributed by atoms with van der Waals surface area (Å²) in [7, 11) is 0. The standard InChI is InChI=1S/C31H47N/c1-5-7-10-19-31(20-11-9-12-21-31)30-18-14-27(23-26(30)4)13-15-28-16-17-29(24-25(28)3)32-22-8-6-2/h14,16-18,23-24,32H,5-13,15,19-22H2,1-4H3. The van der Waals surface area contributed by atoms with E-state index < -0.39 is 0 Å². The molecule has 1 N–H and O–H groups in total. The van der Waals surface area contributed by atoms with Crippen LogP contribution < -0.4 is 5.32 Å². The van der Waals surface area contributed by atoms with Crippen LogP contribution in [0.4, 0.5) is 5.69 Å². The highest BCUT2D eigenvalue weighted by Gasteiger charge is 2.34. The van der Waals surface area contributed by atoms with Crippen molar-refractivity contribution in [3.8, 4) is 0 Å². The molecule has 0 aliphatic heterocycles. The maximum Gasteiger partial charge on any atom is 0.0343 e. The molecule has 1 fully saturated rings. The molecule has 32 heavy (non-hydrogen) atoms. The SMILES string of the molecule is CCCCCC1(c2ccc(CCc3ccc(NCCCC)cc3C)cc2C)CCCCC1. The summed E-state index contributed by atoms with van der Waals surface area (Å²) in [6.07, 6.45) is 17.3. The van der Waals surface area contributed by atoms with Crippen LogP contribution in [0.3, 0.4) is 0 Å². The number of aryl methyl sites for hydroxylation is 4. The van der Waals surface area contributed by atoms with Gasteiger partial charge in [0.2, 0.25) is 0 Å². The van der Waals surface area contributed by atoms with Crippen molar-refractivity contribution in [3.63, 3.8) is 0 Å². The van der Waals surface area contributed by atoms with E-state index in [1.54, 1.807) is 5.56 Å². The van der Waals surface area contributed by atoms with Crippen LogP contribution in [0, 0.1) is 13.8 Å². The zero-order valence-corrected chi connectivity index (χ0v) is 21.4. The highest BCUT2D eigenvalue weighted by molar-refractivity contribution is 5.48. The predicted molar refractivity (Wildman–Crippen MR) is 142 cm³/mol. The summed E-state index contributed by atoms with van der Waals surface area (Å²) in [5, 5.41) is 3.55. The van der Waals surface area contributed by atoms with Gasteiger partial charge in [-0.05, 0) is 97.7 Å². The summed E-state index contributed by atoms with van der Waals surface area (Å²) < 4.78 is 0. The summed E-state index contributed by atoms with van der Waals surface area (Å²) in [5.74, 6) is 0. The topological polar surface area (TPSA) is 12.0 Å². The molecule has 2 aromatic rings. The fraction of sp³-hybridized carbons (Fsp3) is 0.613. The number of benzene rings is 2. The Bertz CT molecular complexity index is 828. The summed E-state index contributed by atoms with van der Waals surface area (Å²) in [5.41, 5.74) is 9.31. The van der Waals surface area contributed by atoms with Crippen molar-refractivity contribution < 1.29 is 0 Å². The Labute approximate surface area is 198 Å². The van der Waals surface area contributed by atoms with E-state index in [4.69, 9.17) is 0 Å². The Balaban J connectivity index is 1.66. The lowest BCUT2D eigenvalue weighted by atomic mass is 9.65. The third-order valence-electron chi connectivity index (χ3n) is 7.82. The molecular formula is C31H47N. The lowest BCUT2D eigenvalue weighted by Crippen LogP contribution is -2.30. The Morgan fingerprint density at radius 1 is 0.781 bits per heavy atom. The fourth-order valence-corrected chi connectivity index (χ4v) is 5.85. The first kappa shape index (κ1) is 24.9. The zero-order valence-electron chi connectivity index (χ0n) is 21.4. The second-order valence-corrected chi connectivity index (χ2v) is 10.4. The summed E-state index contributed by atoms with van der Waals surface area (Å²) in [6, 6.07) is 14.4. The van der Waals surface area contributed by atoms with Crippen LogP contribution in [-0.2, 0) is 18.3 Å². The molecule has 176 valence electrons. The van der Waals surface area contributed by atoms with Gasteiger partial charge in [-0.3, -0.25) is 0 Å². The average Bonchev–Trinajstić information content (AvgIpc) is 2.79. The van der Waals surface area contributed by atoms with Gasteiger partial charge in [-0.2, -0.15) is 0 Å². The average molecular weight is 434 g/mol. The summed E-state index contributed by atoms with van der Waals surface area (Å²) >= 11 is 0. The van der Waals surface area contributed by atoms with Gasteiger partial charge in [0.15, 0.2) is 0 Å². The summed E-state index contributed by atoms with van der Waals surface area (Å²) in [4.78, 5) is 0. The van der Waals surface area contributed by atoms with E-state index >= 15 is 0 Å². The lowest BCUT2D eigenvalue weighted by Gasteiger charge is -2.39. The number of hydrogen-bond donors (Lipinski definition) is 1. The predicted octanol–water partition coefficient (Wildman–Crippen LogP) is 9.08. The first-order chi connectivity index (χ1) is 15.6. The molecule has 0 amide bonds. The molecule has 1 heteroatoms. The van der Waals surface area contributed by atoms with Crippen LogP contribution in [0.1, 0.15) is 112 Å². The Morgan fingerprint density at radius 3 is 2.25 bits per heavy atom. The molecule has 1 aliphatic rings. The minimum absolute atomic E-state index is 0.452. The van der Waals surface area contributed by atoms with Crippen molar-refractivity contribution in [2.24, 2.45) is 0 Å². The molecule has 0 saturated heterocycles. The van der Waals surface area contributed by atoms with Crippen molar-refractivity contribution in [1.29, 1.82) is 0 Å². The maximum absolute atomic E-state index is 3.55. The zero-order chi connectivity index (χ0) is 22.8. The minimum atomic E-state index is 0.452. The van der Waals surface area contributed by atoms with Crippen molar-refractivity contribution in [1.82, 2.24) is 0 Å². The largest absolute Gasteiger partial charge is 0.385 e. The molecule has 0 unspecified atom stereocenters. The molecule has 0 atom stereocenters. The van der Waals surface area contributed by atoms with Gasteiger partial charge < -0.3 is 5.32 Å². The maximum atomic E-state index is 3.55. The Kier molecular flexibility index (Phi) is 9.69. The van der Waals surface area contributed by atoms with Crippen molar-refractivity contribution >= 4 is 5.69 Å². The molecule has 0 spiro atoms. The van der Waals surface area contributed by atoms with Crippen molar-refractivity contribution in [2.75, 3.05) is 11.9 Å². The van der Waals surface area contributed by atoms with E-state index in [0.717, 1.165) is 19.4 Å². The number of hydrogen-bond acceptors (Lipinski definition) is 1. The Morgan fingerprint density at radius 2 is 1.56 bits per heavy atom. The number of nitrogens with one attached hydrogen (secondary N) is 1. The monoisotopic (exact) mass is 433 g/mol. The molecule has 3 rings (SSSR count). The molecule has 1 nitrogen and oxygen atoms in total. The van der Waals surface area contributed by atoms with Crippen LogP contribution in [0.25, 0.3) is 0 Å². The minimum Gasteiger partial charge on any atom is -0.385 e. The van der Waals surface area contributed by atoms with E-state index in [1.165, 1.54) is 98.6 Å². The first-order valence-electron chi connectivity index (χ1n) is 13.5. The van der Waals surface area contributed by atoms with E-state index in [1.807, 2.05) is 0 Å². The molecule has 2 aromatic carbocycles. The molecule has 0 bridgehead atoms. The van der Waals surface area contributed by atoms with E-state index in [9.17, 15) is 0 Å². The van der Waals surface area contributed by atoms with Gasteiger partial charge in [0.1, 0.15) is 0 Å². The van der Waals surface area contributed by atoms with Gasteiger partial charge in [0.25, 0.3) is 0 Å². The molecule has 1 aliphatic carbocycles. The van der Waals surface area contributed by atoms with Crippen LogP contribution in [0.2, 0.25) is 0 Å². The molecule has 0 radical (unpaired) electrons. The molecular weight excluding hydrogens is 386 g/mol. The Hall–Kier alpha value is -1.76. The van der Waals surface area contributed by atoms with Gasteiger partial charge in [-0.25, -0.2) is 0 Å². The van der Waals surface area contributed by atoms with Gasteiger partial charge >= 0.3 is 0 Å². The van der Waals surface area contributed by atoms with E-state index in [0.29, 0.717) is 5.41 Å². The fourth-order valence-electron chi connectivity index (χ4n) is 5.85. The second-order valence-electron chi connectivity index (χ2n) is 10.4. The first-order valence-corrected chi connectivity index (χ1v) is 13.5. The van der Waals surface area contributed by atoms with Crippen molar-refractivity contribution in [2.45, 2.75) is 117 Å². The third kappa shape index (κ3) is 6.63. The van der Waals surface area contributed by atoms with E-state index in [-0.39, 0.29) is 0 Å². The van der Waals surface area contributed by atoms with Gasteiger partial charge in [-0.1, -0.05) is 83.1 Å². The second kappa shape index (κ2) is 12.5. The summed E-state index contributed by atoms with van der Waals surface area (Å²) in [6.45, 7) is 10.3. The van der Waals surface area contributed by atoms with Gasteiger partial charge in [-0.15, -0.1) is 0 Å². The smallest absolute Gasteiger partial charge is 0.0343 e. The number of anilines is 1. The molecule has 1 saturated carbocycles. The highest BCUT2D eigenvalue weighted by atomic mass is 14.9. The van der Waals surface area contributed by atoms with Gasteiger partial charge in [0, 0.05) is 12.2 Å². The van der Waals surface area contributed by atoms with Crippen LogP contribution in [-0.4, -0.2) is 6.54 Å². The van der Waals surface area contributed by atoms with Crippen LogP contribution in [0.15, 0.2) is 36.4 Å². The van der Waals surface area contributed by atoms with Crippen LogP contribution in [0.5, 0.6) is 0 Å². The number of unbranched alkanes of at least 4 members (excludes halogenated alkanes) is 3. The highest BCUT2D eigenvalue weighted by Crippen LogP contribution is 2.44. The van der Waals surface area contributed by atoms with Gasteiger partial charge in [0.05, 0.1) is 0 Å². The number of rotatable bonds is 12. The van der Waals surface area contributed by atoms with E-state index in [2.05, 4.69) is 69.4 Å².